The van der Waals surface area contributed by atoms with E-state index in [-0.39, 0.29) is 17.9 Å². The standard InChI is InChI=1S/C16H24N4OS/c21-14-12-8-4-5-9-13(12)20-15(17-18-16(20)22)19(14)10-11-6-2-1-3-7-11/h11-13H,1-10H2,(H,18,22). The fraction of sp³-hybridized carbons (Fsp3) is 0.812. The maximum Gasteiger partial charge on any atom is 0.234 e. The molecule has 2 fully saturated rings. The number of hydrogen-bond acceptors (Lipinski definition) is 3. The Morgan fingerprint density at radius 3 is 2.64 bits per heavy atom. The third-order valence-electron chi connectivity index (χ3n) is 5.74. The number of nitrogens with zero attached hydrogens (tertiary/aromatic N) is 3. The molecule has 3 aliphatic rings. The Bertz CT molecular complexity index is 616. The fourth-order valence-corrected chi connectivity index (χ4v) is 4.86. The molecule has 1 aliphatic heterocycles. The number of hydrogen-bond donors (Lipinski definition) is 1. The van der Waals surface area contributed by atoms with Gasteiger partial charge in [0.15, 0.2) is 4.77 Å². The van der Waals surface area contributed by atoms with Crippen LogP contribution in [-0.4, -0.2) is 27.2 Å². The molecule has 1 aromatic rings. The van der Waals surface area contributed by atoms with E-state index in [0.717, 1.165) is 31.8 Å². The second-order valence-electron chi connectivity index (χ2n) is 7.11. The Balaban J connectivity index is 1.67. The highest BCUT2D eigenvalue weighted by atomic mass is 32.1. The van der Waals surface area contributed by atoms with E-state index < -0.39 is 0 Å². The molecule has 4 rings (SSSR count). The molecular weight excluding hydrogens is 296 g/mol. The van der Waals surface area contributed by atoms with Gasteiger partial charge in [-0.15, -0.1) is 5.10 Å². The lowest BCUT2D eigenvalue weighted by Gasteiger charge is -2.41. The summed E-state index contributed by atoms with van der Waals surface area (Å²) in [7, 11) is 0. The van der Waals surface area contributed by atoms with Gasteiger partial charge in [0.05, 0.1) is 12.0 Å². The van der Waals surface area contributed by atoms with E-state index in [1.807, 2.05) is 4.90 Å². The lowest BCUT2D eigenvalue weighted by molar-refractivity contribution is -0.126. The minimum atomic E-state index is 0.106. The molecule has 120 valence electrons. The molecule has 6 heteroatoms. The summed E-state index contributed by atoms with van der Waals surface area (Å²) in [5.41, 5.74) is 0. The molecule has 2 heterocycles. The van der Waals surface area contributed by atoms with Crippen LogP contribution >= 0.6 is 12.2 Å². The van der Waals surface area contributed by atoms with Crippen molar-refractivity contribution in [1.29, 1.82) is 0 Å². The third kappa shape index (κ3) is 2.32. The number of amides is 1. The molecule has 1 N–H and O–H groups in total. The van der Waals surface area contributed by atoms with Gasteiger partial charge in [-0.1, -0.05) is 32.1 Å². The first-order valence-electron chi connectivity index (χ1n) is 8.74. The second kappa shape index (κ2) is 5.80. The number of rotatable bonds is 2. The summed E-state index contributed by atoms with van der Waals surface area (Å²) < 4.78 is 2.80. The van der Waals surface area contributed by atoms with Crippen LogP contribution in [0.3, 0.4) is 0 Å². The van der Waals surface area contributed by atoms with Crippen molar-refractivity contribution >= 4 is 24.1 Å². The van der Waals surface area contributed by atoms with Crippen LogP contribution in [0, 0.1) is 16.6 Å². The van der Waals surface area contributed by atoms with Crippen molar-refractivity contribution in [2.45, 2.75) is 63.8 Å². The first kappa shape index (κ1) is 14.4. The Morgan fingerprint density at radius 2 is 1.82 bits per heavy atom. The first-order chi connectivity index (χ1) is 10.8. The summed E-state index contributed by atoms with van der Waals surface area (Å²) in [6, 6.07) is 0.227. The number of aromatic amines is 1. The molecule has 2 saturated carbocycles. The largest absolute Gasteiger partial charge is 0.282 e. The summed E-state index contributed by atoms with van der Waals surface area (Å²) >= 11 is 5.44. The molecule has 0 aromatic carbocycles. The van der Waals surface area contributed by atoms with Crippen molar-refractivity contribution in [2.75, 3.05) is 11.4 Å². The van der Waals surface area contributed by atoms with E-state index in [4.69, 9.17) is 12.2 Å². The number of aromatic nitrogens is 3. The van der Waals surface area contributed by atoms with Gasteiger partial charge in [-0.25, -0.2) is 5.10 Å². The quantitative estimate of drug-likeness (QED) is 0.847. The summed E-state index contributed by atoms with van der Waals surface area (Å²) in [6.45, 7) is 0.821. The van der Waals surface area contributed by atoms with Crippen molar-refractivity contribution < 1.29 is 4.79 Å². The SMILES string of the molecule is O=C1C2CCCCC2n2c(n[nH]c2=S)N1CC1CCCCC1. The van der Waals surface area contributed by atoms with Crippen LogP contribution in [-0.2, 0) is 4.79 Å². The average molecular weight is 320 g/mol. The molecule has 1 amide bonds. The Kier molecular flexibility index (Phi) is 3.80. The highest BCUT2D eigenvalue weighted by Crippen LogP contribution is 2.42. The summed E-state index contributed by atoms with van der Waals surface area (Å²) in [4.78, 5) is 15.0. The highest BCUT2D eigenvalue weighted by molar-refractivity contribution is 7.71. The van der Waals surface area contributed by atoms with Crippen LogP contribution in [0.25, 0.3) is 0 Å². The van der Waals surface area contributed by atoms with Crippen LogP contribution in [0.5, 0.6) is 0 Å². The zero-order valence-electron chi connectivity index (χ0n) is 13.0. The van der Waals surface area contributed by atoms with Crippen molar-refractivity contribution in [2.24, 2.45) is 11.8 Å². The lowest BCUT2D eigenvalue weighted by atomic mass is 9.81. The maximum absolute atomic E-state index is 13.0. The maximum atomic E-state index is 13.0. The first-order valence-corrected chi connectivity index (χ1v) is 9.15. The summed E-state index contributed by atoms with van der Waals surface area (Å²) in [5, 5.41) is 7.32. The summed E-state index contributed by atoms with van der Waals surface area (Å²) in [5.74, 6) is 1.78. The molecular formula is C16H24N4OS. The minimum absolute atomic E-state index is 0.106. The fourth-order valence-electron chi connectivity index (χ4n) is 4.59. The Morgan fingerprint density at radius 1 is 1.09 bits per heavy atom. The topological polar surface area (TPSA) is 53.9 Å². The molecule has 0 saturated heterocycles. The third-order valence-corrected chi connectivity index (χ3v) is 6.03. The van der Waals surface area contributed by atoms with Crippen LogP contribution in [0.1, 0.15) is 63.8 Å². The highest BCUT2D eigenvalue weighted by Gasteiger charge is 2.43. The zero-order valence-corrected chi connectivity index (χ0v) is 13.8. The van der Waals surface area contributed by atoms with Gasteiger partial charge < -0.3 is 0 Å². The number of carbonyl (C=O) groups is 1. The van der Waals surface area contributed by atoms with Gasteiger partial charge in [0.1, 0.15) is 0 Å². The molecule has 22 heavy (non-hydrogen) atoms. The van der Waals surface area contributed by atoms with Gasteiger partial charge in [-0.05, 0) is 43.8 Å². The van der Waals surface area contributed by atoms with Crippen LogP contribution in [0.4, 0.5) is 5.95 Å². The van der Waals surface area contributed by atoms with E-state index in [1.165, 1.54) is 38.5 Å². The normalized spacial score (nSPS) is 29.3. The van der Waals surface area contributed by atoms with Crippen LogP contribution in [0.15, 0.2) is 0 Å². The number of H-pyrrole nitrogens is 1. The summed E-state index contributed by atoms with van der Waals surface area (Å²) in [6.07, 6.45) is 10.8. The van der Waals surface area contributed by atoms with E-state index in [1.54, 1.807) is 0 Å². The van der Waals surface area contributed by atoms with Crippen LogP contribution in [0.2, 0.25) is 0 Å². The Hall–Kier alpha value is -1.17. The van der Waals surface area contributed by atoms with Gasteiger partial charge >= 0.3 is 0 Å². The molecule has 1 aromatic heterocycles. The predicted molar refractivity (Wildman–Crippen MR) is 87.3 cm³/mol. The van der Waals surface area contributed by atoms with Gasteiger partial charge in [-0.3, -0.25) is 14.3 Å². The molecule has 5 nitrogen and oxygen atoms in total. The molecule has 2 aliphatic carbocycles. The van der Waals surface area contributed by atoms with Crippen molar-refractivity contribution in [3.8, 4) is 0 Å². The van der Waals surface area contributed by atoms with Gasteiger partial charge in [0, 0.05) is 6.54 Å². The predicted octanol–water partition coefficient (Wildman–Crippen LogP) is 3.60. The van der Waals surface area contributed by atoms with Crippen molar-refractivity contribution in [1.82, 2.24) is 14.8 Å². The molecule has 2 unspecified atom stereocenters. The minimum Gasteiger partial charge on any atom is -0.282 e. The number of carbonyl (C=O) groups excluding carboxylic acids is 1. The van der Waals surface area contributed by atoms with Crippen molar-refractivity contribution in [3.05, 3.63) is 4.77 Å². The zero-order chi connectivity index (χ0) is 15.1. The molecule has 0 bridgehead atoms. The van der Waals surface area contributed by atoms with Gasteiger partial charge in [-0.2, -0.15) is 0 Å². The number of fused-ring (bicyclic) bond motifs is 3. The number of anilines is 1. The molecule has 0 radical (unpaired) electrons. The monoisotopic (exact) mass is 320 g/mol. The lowest BCUT2D eigenvalue weighted by Crippen LogP contribution is -2.49. The smallest absolute Gasteiger partial charge is 0.234 e. The molecule has 2 atom stereocenters. The van der Waals surface area contributed by atoms with E-state index >= 15 is 0 Å². The van der Waals surface area contributed by atoms with Gasteiger partial charge in [0.2, 0.25) is 11.9 Å². The van der Waals surface area contributed by atoms with E-state index in [2.05, 4.69) is 14.8 Å². The van der Waals surface area contributed by atoms with Crippen LogP contribution < -0.4 is 4.90 Å². The van der Waals surface area contributed by atoms with E-state index in [0.29, 0.717) is 10.7 Å². The Labute approximate surface area is 136 Å². The molecule has 0 spiro atoms. The van der Waals surface area contributed by atoms with E-state index in [9.17, 15) is 4.79 Å². The van der Waals surface area contributed by atoms with Crippen molar-refractivity contribution in [3.63, 3.8) is 0 Å². The average Bonchev–Trinajstić information content (AvgIpc) is 2.94. The number of nitrogens with one attached hydrogen (secondary N) is 1. The van der Waals surface area contributed by atoms with Gasteiger partial charge in [0.25, 0.3) is 0 Å². The second-order valence-corrected chi connectivity index (χ2v) is 7.50.